The molecule has 24 heavy (non-hydrogen) atoms. The fourth-order valence-electron chi connectivity index (χ4n) is 2.03. The zero-order valence-corrected chi connectivity index (χ0v) is 13.6. The highest BCUT2D eigenvalue weighted by molar-refractivity contribution is 5.94. The second-order valence-electron chi connectivity index (χ2n) is 5.21. The SMILES string of the molecule is COc1cc(C#N)ccc1OC(C)C(=O)Nc1ccc(C)cc1F. The van der Waals surface area contributed by atoms with E-state index in [1.54, 1.807) is 32.0 Å². The zero-order valence-electron chi connectivity index (χ0n) is 13.6. The number of rotatable bonds is 5. The largest absolute Gasteiger partial charge is 0.493 e. The molecule has 1 atom stereocenters. The molecule has 0 aliphatic rings. The van der Waals surface area contributed by atoms with Crippen LogP contribution in [0, 0.1) is 24.1 Å². The summed E-state index contributed by atoms with van der Waals surface area (Å²) in [7, 11) is 1.44. The molecule has 0 heterocycles. The van der Waals surface area contributed by atoms with Gasteiger partial charge in [-0.1, -0.05) is 6.07 Å². The molecule has 0 fully saturated rings. The van der Waals surface area contributed by atoms with Gasteiger partial charge in [0.25, 0.3) is 5.91 Å². The molecule has 0 radical (unpaired) electrons. The van der Waals surface area contributed by atoms with Gasteiger partial charge < -0.3 is 14.8 Å². The lowest BCUT2D eigenvalue weighted by molar-refractivity contribution is -0.122. The lowest BCUT2D eigenvalue weighted by Crippen LogP contribution is -2.30. The van der Waals surface area contributed by atoms with Gasteiger partial charge in [0.05, 0.1) is 24.4 Å². The number of hydrogen-bond acceptors (Lipinski definition) is 4. The van der Waals surface area contributed by atoms with Crippen molar-refractivity contribution in [2.45, 2.75) is 20.0 Å². The molecule has 2 rings (SSSR count). The third-order valence-electron chi connectivity index (χ3n) is 3.35. The van der Waals surface area contributed by atoms with Crippen LogP contribution in [-0.4, -0.2) is 19.1 Å². The van der Waals surface area contributed by atoms with Gasteiger partial charge >= 0.3 is 0 Å². The molecule has 6 heteroatoms. The third kappa shape index (κ3) is 4.02. The number of benzene rings is 2. The highest BCUT2D eigenvalue weighted by Crippen LogP contribution is 2.29. The standard InChI is InChI=1S/C18H17FN2O3/c1-11-4-6-15(14(19)8-11)21-18(22)12(2)24-16-7-5-13(10-20)9-17(16)23-3/h4-9,12H,1-3H3,(H,21,22). The highest BCUT2D eigenvalue weighted by Gasteiger charge is 2.18. The number of ether oxygens (including phenoxy) is 2. The maximum Gasteiger partial charge on any atom is 0.265 e. The van der Waals surface area contributed by atoms with Crippen LogP contribution in [0.15, 0.2) is 36.4 Å². The molecule has 0 saturated carbocycles. The van der Waals surface area contributed by atoms with Crippen LogP contribution in [0.2, 0.25) is 0 Å². The maximum absolute atomic E-state index is 13.8. The Morgan fingerprint density at radius 3 is 2.62 bits per heavy atom. The van der Waals surface area contributed by atoms with E-state index in [0.29, 0.717) is 17.1 Å². The first kappa shape index (κ1) is 17.3. The number of hydrogen-bond donors (Lipinski definition) is 1. The first-order chi connectivity index (χ1) is 11.4. The van der Waals surface area contributed by atoms with Gasteiger partial charge in [-0.3, -0.25) is 4.79 Å². The third-order valence-corrected chi connectivity index (χ3v) is 3.35. The summed E-state index contributed by atoms with van der Waals surface area (Å²) in [5, 5.41) is 11.4. The summed E-state index contributed by atoms with van der Waals surface area (Å²) in [6.45, 7) is 3.30. The Bertz CT molecular complexity index is 799. The van der Waals surface area contributed by atoms with E-state index in [0.717, 1.165) is 5.56 Å². The van der Waals surface area contributed by atoms with Crippen LogP contribution in [0.25, 0.3) is 0 Å². The smallest absolute Gasteiger partial charge is 0.265 e. The molecule has 1 amide bonds. The van der Waals surface area contributed by atoms with E-state index in [1.165, 1.54) is 25.3 Å². The molecule has 1 N–H and O–H groups in total. The Kier molecular flexibility index (Phi) is 5.38. The summed E-state index contributed by atoms with van der Waals surface area (Å²) in [6, 6.07) is 11.2. The van der Waals surface area contributed by atoms with Crippen molar-refractivity contribution in [3.63, 3.8) is 0 Å². The van der Waals surface area contributed by atoms with Gasteiger partial charge in [-0.15, -0.1) is 0 Å². The highest BCUT2D eigenvalue weighted by atomic mass is 19.1. The number of amides is 1. The fourth-order valence-corrected chi connectivity index (χ4v) is 2.03. The number of nitriles is 1. The molecular weight excluding hydrogens is 311 g/mol. The molecule has 0 aliphatic carbocycles. The molecular formula is C18H17FN2O3. The quantitative estimate of drug-likeness (QED) is 0.913. The maximum atomic E-state index is 13.8. The molecule has 0 aromatic heterocycles. The van der Waals surface area contributed by atoms with E-state index in [2.05, 4.69) is 5.32 Å². The number of methoxy groups -OCH3 is 1. The fraction of sp³-hybridized carbons (Fsp3) is 0.222. The minimum atomic E-state index is -0.882. The van der Waals surface area contributed by atoms with E-state index in [1.807, 2.05) is 6.07 Å². The van der Waals surface area contributed by atoms with Crippen LogP contribution in [-0.2, 0) is 4.79 Å². The number of carbonyl (C=O) groups excluding carboxylic acids is 1. The van der Waals surface area contributed by atoms with Crippen molar-refractivity contribution in [2.24, 2.45) is 0 Å². The summed E-state index contributed by atoms with van der Waals surface area (Å²) < 4.78 is 24.5. The first-order valence-electron chi connectivity index (χ1n) is 7.26. The topological polar surface area (TPSA) is 71.3 Å². The summed E-state index contributed by atoms with van der Waals surface area (Å²) in [5.41, 5.74) is 1.27. The Morgan fingerprint density at radius 1 is 1.25 bits per heavy atom. The van der Waals surface area contributed by atoms with Crippen LogP contribution in [0.3, 0.4) is 0 Å². The van der Waals surface area contributed by atoms with Gasteiger partial charge in [0, 0.05) is 6.07 Å². The average molecular weight is 328 g/mol. The molecule has 1 unspecified atom stereocenters. The second kappa shape index (κ2) is 7.47. The van der Waals surface area contributed by atoms with E-state index in [9.17, 15) is 9.18 Å². The van der Waals surface area contributed by atoms with Gasteiger partial charge in [0.1, 0.15) is 5.82 Å². The molecule has 5 nitrogen and oxygen atoms in total. The van der Waals surface area contributed by atoms with Crippen molar-refractivity contribution < 1.29 is 18.7 Å². The first-order valence-corrected chi connectivity index (χ1v) is 7.26. The Balaban J connectivity index is 2.10. The Labute approximate surface area is 139 Å². The van der Waals surface area contributed by atoms with Crippen molar-refractivity contribution in [2.75, 3.05) is 12.4 Å². The number of carbonyl (C=O) groups is 1. The van der Waals surface area contributed by atoms with Crippen LogP contribution in [0.1, 0.15) is 18.1 Å². The van der Waals surface area contributed by atoms with Gasteiger partial charge in [-0.25, -0.2) is 4.39 Å². The summed E-state index contributed by atoms with van der Waals surface area (Å²) in [6.07, 6.45) is -0.882. The zero-order chi connectivity index (χ0) is 17.7. The van der Waals surface area contributed by atoms with Crippen LogP contribution >= 0.6 is 0 Å². The molecule has 2 aromatic rings. The summed E-state index contributed by atoms with van der Waals surface area (Å²) >= 11 is 0. The van der Waals surface area contributed by atoms with E-state index < -0.39 is 17.8 Å². The number of anilines is 1. The number of nitrogens with zero attached hydrogens (tertiary/aromatic N) is 1. The predicted molar refractivity (Wildman–Crippen MR) is 87.6 cm³/mol. The molecule has 2 aromatic carbocycles. The van der Waals surface area contributed by atoms with Crippen LogP contribution in [0.5, 0.6) is 11.5 Å². The molecule has 124 valence electrons. The minimum Gasteiger partial charge on any atom is -0.493 e. The Hall–Kier alpha value is -3.07. The van der Waals surface area contributed by atoms with Crippen LogP contribution in [0.4, 0.5) is 10.1 Å². The van der Waals surface area contributed by atoms with Gasteiger partial charge in [-0.2, -0.15) is 5.26 Å². The summed E-state index contributed by atoms with van der Waals surface area (Å²) in [4.78, 5) is 12.2. The average Bonchev–Trinajstić information content (AvgIpc) is 2.57. The molecule has 0 saturated heterocycles. The molecule has 0 spiro atoms. The van der Waals surface area contributed by atoms with Gasteiger partial charge in [0.2, 0.25) is 0 Å². The van der Waals surface area contributed by atoms with Crippen molar-refractivity contribution in [3.05, 3.63) is 53.3 Å². The molecule has 0 bridgehead atoms. The predicted octanol–water partition coefficient (Wildman–Crippen LogP) is 3.42. The van der Waals surface area contributed by atoms with Gasteiger partial charge in [-0.05, 0) is 43.7 Å². The number of aryl methyl sites for hydroxylation is 1. The summed E-state index contributed by atoms with van der Waals surface area (Å²) in [5.74, 6) is -0.339. The van der Waals surface area contributed by atoms with Crippen molar-refractivity contribution >= 4 is 11.6 Å². The number of nitrogens with one attached hydrogen (secondary N) is 1. The van der Waals surface area contributed by atoms with Crippen LogP contribution < -0.4 is 14.8 Å². The van der Waals surface area contributed by atoms with Crippen molar-refractivity contribution in [3.8, 4) is 17.6 Å². The monoisotopic (exact) mass is 328 g/mol. The number of halogens is 1. The van der Waals surface area contributed by atoms with Crippen molar-refractivity contribution in [1.29, 1.82) is 5.26 Å². The normalized spacial score (nSPS) is 11.3. The Morgan fingerprint density at radius 2 is 2.00 bits per heavy atom. The van der Waals surface area contributed by atoms with E-state index >= 15 is 0 Å². The van der Waals surface area contributed by atoms with Crippen molar-refractivity contribution in [1.82, 2.24) is 0 Å². The van der Waals surface area contributed by atoms with E-state index in [-0.39, 0.29) is 5.69 Å². The second-order valence-corrected chi connectivity index (χ2v) is 5.21. The molecule has 0 aliphatic heterocycles. The van der Waals surface area contributed by atoms with E-state index in [4.69, 9.17) is 14.7 Å². The minimum absolute atomic E-state index is 0.0906. The lowest BCUT2D eigenvalue weighted by Gasteiger charge is -2.17. The lowest BCUT2D eigenvalue weighted by atomic mass is 10.2. The van der Waals surface area contributed by atoms with Gasteiger partial charge in [0.15, 0.2) is 17.6 Å².